The molecule has 0 atom stereocenters. The summed E-state index contributed by atoms with van der Waals surface area (Å²) in [7, 11) is -2.16. The molecule has 19 heavy (non-hydrogen) atoms. The smallest absolute Gasteiger partial charge is 0.384 e. The van der Waals surface area contributed by atoms with E-state index in [1.807, 2.05) is 0 Å². The van der Waals surface area contributed by atoms with Crippen molar-refractivity contribution in [2.75, 3.05) is 11.5 Å². The Bertz CT molecular complexity index is 524. The number of nitrogen functional groups attached to an aromatic ring is 1. The van der Waals surface area contributed by atoms with Crippen LogP contribution in [0.15, 0.2) is 6.20 Å². The summed E-state index contributed by atoms with van der Waals surface area (Å²) in [6.07, 6.45) is -4.54. The zero-order chi connectivity index (χ0) is 14.7. The highest BCUT2D eigenvalue weighted by Gasteiger charge is 2.27. The van der Waals surface area contributed by atoms with Crippen LogP contribution in [0.25, 0.3) is 0 Å². The van der Waals surface area contributed by atoms with Gasteiger partial charge in [-0.25, -0.2) is 13.1 Å². The lowest BCUT2D eigenvalue weighted by Crippen LogP contribution is -2.27. The molecule has 1 aromatic rings. The van der Waals surface area contributed by atoms with Crippen molar-refractivity contribution in [3.8, 4) is 0 Å². The molecule has 3 N–H and O–H groups in total. The van der Waals surface area contributed by atoms with Crippen molar-refractivity contribution < 1.29 is 21.6 Å². The molecule has 0 unspecified atom stereocenters. The van der Waals surface area contributed by atoms with Crippen LogP contribution < -0.4 is 10.5 Å². The minimum atomic E-state index is -4.34. The van der Waals surface area contributed by atoms with Gasteiger partial charge in [0, 0.05) is 25.6 Å². The lowest BCUT2D eigenvalue weighted by Gasteiger charge is -2.08. The largest absolute Gasteiger partial charge is 0.389 e. The standard InChI is InChI=1S/C9H15F3N4O2S/c1-16-8(13)7(5-14-16)6-15-19(17,18)4-2-3-9(10,11)12/h5,15H,2-4,6,13H2,1H3. The van der Waals surface area contributed by atoms with Crippen molar-refractivity contribution in [2.24, 2.45) is 7.05 Å². The van der Waals surface area contributed by atoms with Crippen molar-refractivity contribution in [3.05, 3.63) is 11.8 Å². The Morgan fingerprint density at radius 3 is 2.58 bits per heavy atom. The minimum Gasteiger partial charge on any atom is -0.384 e. The van der Waals surface area contributed by atoms with Gasteiger partial charge in [0.1, 0.15) is 5.82 Å². The van der Waals surface area contributed by atoms with Crippen LogP contribution in [0, 0.1) is 0 Å². The van der Waals surface area contributed by atoms with E-state index in [0.717, 1.165) is 0 Å². The molecular weight excluding hydrogens is 285 g/mol. The molecule has 0 aromatic carbocycles. The SMILES string of the molecule is Cn1ncc(CNS(=O)(=O)CCCC(F)(F)F)c1N. The predicted molar refractivity (Wildman–Crippen MR) is 63.5 cm³/mol. The van der Waals surface area contributed by atoms with Crippen LogP contribution in [0.2, 0.25) is 0 Å². The third kappa shape index (κ3) is 5.47. The van der Waals surface area contributed by atoms with Crippen molar-refractivity contribution in [2.45, 2.75) is 25.6 Å². The fourth-order valence-corrected chi connectivity index (χ4v) is 2.40. The molecule has 0 spiro atoms. The number of hydrogen-bond donors (Lipinski definition) is 2. The molecular formula is C9H15F3N4O2S. The average Bonchev–Trinajstić information content (AvgIpc) is 2.55. The van der Waals surface area contributed by atoms with Gasteiger partial charge in [-0.1, -0.05) is 0 Å². The van der Waals surface area contributed by atoms with Crippen LogP contribution in [0.5, 0.6) is 0 Å². The maximum atomic E-state index is 11.9. The molecule has 6 nitrogen and oxygen atoms in total. The molecule has 0 amide bonds. The number of nitrogens with two attached hydrogens (primary N) is 1. The first-order chi connectivity index (χ1) is 8.61. The number of sulfonamides is 1. The summed E-state index contributed by atoms with van der Waals surface area (Å²) in [6.45, 7) is -0.0893. The molecule has 110 valence electrons. The third-order valence-corrected chi connectivity index (χ3v) is 3.83. The van der Waals surface area contributed by atoms with E-state index in [-0.39, 0.29) is 6.54 Å². The van der Waals surface area contributed by atoms with Gasteiger partial charge in [-0.05, 0) is 6.42 Å². The van der Waals surface area contributed by atoms with Crippen LogP contribution in [-0.4, -0.2) is 30.1 Å². The van der Waals surface area contributed by atoms with Crippen molar-refractivity contribution >= 4 is 15.8 Å². The molecule has 0 saturated heterocycles. The summed E-state index contributed by atoms with van der Waals surface area (Å²) in [4.78, 5) is 0. The number of aryl methyl sites for hydroxylation is 1. The van der Waals surface area contributed by atoms with Gasteiger partial charge in [0.25, 0.3) is 0 Å². The maximum absolute atomic E-state index is 11.9. The van der Waals surface area contributed by atoms with Crippen molar-refractivity contribution in [1.29, 1.82) is 0 Å². The van der Waals surface area contributed by atoms with Crippen LogP contribution in [-0.2, 0) is 23.6 Å². The molecule has 1 aromatic heterocycles. The normalized spacial score (nSPS) is 12.8. The number of nitrogens with zero attached hydrogens (tertiary/aromatic N) is 2. The second-order valence-electron chi connectivity index (χ2n) is 4.04. The van der Waals surface area contributed by atoms with Crippen LogP contribution in [0.3, 0.4) is 0 Å². The lowest BCUT2D eigenvalue weighted by molar-refractivity contribution is -0.134. The summed E-state index contributed by atoms with van der Waals surface area (Å²) >= 11 is 0. The van der Waals surface area contributed by atoms with Gasteiger partial charge in [-0.3, -0.25) is 4.68 Å². The van der Waals surface area contributed by atoms with Gasteiger partial charge >= 0.3 is 6.18 Å². The molecule has 10 heteroatoms. The van der Waals surface area contributed by atoms with Crippen LogP contribution in [0.4, 0.5) is 19.0 Å². The quantitative estimate of drug-likeness (QED) is 0.811. The Balaban J connectivity index is 2.45. The fraction of sp³-hybridized carbons (Fsp3) is 0.667. The van der Waals surface area contributed by atoms with E-state index in [4.69, 9.17) is 5.73 Å². The second kappa shape index (κ2) is 5.78. The van der Waals surface area contributed by atoms with Gasteiger partial charge in [0.15, 0.2) is 0 Å². The van der Waals surface area contributed by atoms with E-state index in [2.05, 4.69) is 9.82 Å². The Morgan fingerprint density at radius 2 is 2.11 bits per heavy atom. The summed E-state index contributed by atoms with van der Waals surface area (Å²) < 4.78 is 62.2. The molecule has 1 heterocycles. The molecule has 0 bridgehead atoms. The monoisotopic (exact) mass is 300 g/mol. The Kier molecular flexibility index (Phi) is 4.80. The average molecular weight is 300 g/mol. The lowest BCUT2D eigenvalue weighted by atomic mass is 10.3. The Labute approximate surface area is 108 Å². The van der Waals surface area contributed by atoms with E-state index in [1.54, 1.807) is 7.05 Å². The van der Waals surface area contributed by atoms with Crippen LogP contribution in [0.1, 0.15) is 18.4 Å². The number of hydrogen-bond acceptors (Lipinski definition) is 4. The number of anilines is 1. The van der Waals surface area contributed by atoms with E-state index in [9.17, 15) is 21.6 Å². The van der Waals surface area contributed by atoms with Crippen molar-refractivity contribution in [3.63, 3.8) is 0 Å². The molecule has 0 saturated carbocycles. The van der Waals surface area contributed by atoms with E-state index < -0.39 is 34.8 Å². The molecule has 0 radical (unpaired) electrons. The molecule has 1 rings (SSSR count). The van der Waals surface area contributed by atoms with Gasteiger partial charge < -0.3 is 5.73 Å². The minimum absolute atomic E-state index is 0.0893. The first kappa shape index (κ1) is 15.8. The Morgan fingerprint density at radius 1 is 1.47 bits per heavy atom. The first-order valence-electron chi connectivity index (χ1n) is 5.41. The summed E-state index contributed by atoms with van der Waals surface area (Å²) in [6, 6.07) is 0. The summed E-state index contributed by atoms with van der Waals surface area (Å²) in [5.74, 6) is -0.273. The fourth-order valence-electron chi connectivity index (χ4n) is 1.35. The number of aromatic nitrogens is 2. The highest BCUT2D eigenvalue weighted by molar-refractivity contribution is 7.89. The number of nitrogens with one attached hydrogen (secondary N) is 1. The molecule has 0 aliphatic carbocycles. The highest BCUT2D eigenvalue weighted by Crippen LogP contribution is 2.21. The van der Waals surface area contributed by atoms with Gasteiger partial charge in [-0.15, -0.1) is 0 Å². The molecule has 0 aliphatic heterocycles. The number of alkyl halides is 3. The maximum Gasteiger partial charge on any atom is 0.389 e. The summed E-state index contributed by atoms with van der Waals surface area (Å²) in [5.41, 5.74) is 6.08. The van der Waals surface area contributed by atoms with Gasteiger partial charge in [0.05, 0.1) is 11.9 Å². The highest BCUT2D eigenvalue weighted by atomic mass is 32.2. The van der Waals surface area contributed by atoms with Gasteiger partial charge in [-0.2, -0.15) is 18.3 Å². The number of rotatable bonds is 6. The zero-order valence-corrected chi connectivity index (χ0v) is 11.1. The topological polar surface area (TPSA) is 90.0 Å². The third-order valence-electron chi connectivity index (χ3n) is 2.42. The second-order valence-corrected chi connectivity index (χ2v) is 5.96. The number of halogens is 3. The van der Waals surface area contributed by atoms with Gasteiger partial charge in [0.2, 0.25) is 10.0 Å². The van der Waals surface area contributed by atoms with E-state index in [0.29, 0.717) is 11.4 Å². The van der Waals surface area contributed by atoms with E-state index in [1.165, 1.54) is 10.9 Å². The Hall–Kier alpha value is -1.29. The zero-order valence-electron chi connectivity index (χ0n) is 10.2. The van der Waals surface area contributed by atoms with E-state index >= 15 is 0 Å². The molecule has 0 aliphatic rings. The predicted octanol–water partition coefficient (Wildman–Crippen LogP) is 0.764. The van der Waals surface area contributed by atoms with Crippen LogP contribution >= 0.6 is 0 Å². The summed E-state index contributed by atoms with van der Waals surface area (Å²) in [5, 5.41) is 3.82. The molecule has 0 fully saturated rings. The van der Waals surface area contributed by atoms with Crippen molar-refractivity contribution in [1.82, 2.24) is 14.5 Å². The first-order valence-corrected chi connectivity index (χ1v) is 7.06.